The number of nitrogens with two attached hydrogens (primary N) is 1. The highest BCUT2D eigenvalue weighted by Crippen LogP contribution is 2.25. The third kappa shape index (κ3) is 6.01. The molecule has 4 N–H and O–H groups in total. The van der Waals surface area contributed by atoms with Gasteiger partial charge in [-0.2, -0.15) is 0 Å². The summed E-state index contributed by atoms with van der Waals surface area (Å²) in [6, 6.07) is 7.35. The molecule has 1 aromatic rings. The molecule has 7 nitrogen and oxygen atoms in total. The minimum Gasteiger partial charge on any atom is -0.497 e. The standard InChI is InChI=1S/C16H26N4O3S/c1-23-14-8-5-7-13(10-14)19-16(17)18-11-12-6-3-4-9-15(12)20-24(2,21)22/h5,7-8,10,12,15,20H,3-4,6,9,11H2,1-2H3,(H3,17,18,19). The van der Waals surface area contributed by atoms with Crippen molar-refractivity contribution in [2.75, 3.05) is 25.2 Å². The normalized spacial score (nSPS) is 22.2. The first-order chi connectivity index (χ1) is 11.4. The van der Waals surface area contributed by atoms with E-state index in [1.807, 2.05) is 24.3 Å². The van der Waals surface area contributed by atoms with E-state index in [-0.39, 0.29) is 12.0 Å². The molecule has 8 heteroatoms. The maximum atomic E-state index is 11.5. The molecule has 2 atom stereocenters. The van der Waals surface area contributed by atoms with E-state index < -0.39 is 10.0 Å². The van der Waals surface area contributed by atoms with Crippen molar-refractivity contribution in [2.45, 2.75) is 31.7 Å². The average Bonchev–Trinajstić information content (AvgIpc) is 2.53. The number of nitrogens with one attached hydrogen (secondary N) is 2. The van der Waals surface area contributed by atoms with Crippen LogP contribution < -0.4 is 20.5 Å². The summed E-state index contributed by atoms with van der Waals surface area (Å²) < 4.78 is 30.9. The molecular formula is C16H26N4O3S. The lowest BCUT2D eigenvalue weighted by Crippen LogP contribution is -2.43. The first-order valence-electron chi connectivity index (χ1n) is 8.05. The lowest BCUT2D eigenvalue weighted by Gasteiger charge is -2.30. The molecule has 134 valence electrons. The van der Waals surface area contributed by atoms with Crippen LogP contribution in [0.25, 0.3) is 0 Å². The Kier molecular flexibility index (Phi) is 6.44. The molecule has 0 aromatic heterocycles. The highest BCUT2D eigenvalue weighted by Gasteiger charge is 2.27. The number of nitrogens with zero attached hydrogens (tertiary/aromatic N) is 1. The van der Waals surface area contributed by atoms with Crippen molar-refractivity contribution in [1.29, 1.82) is 0 Å². The number of methoxy groups -OCH3 is 1. The maximum absolute atomic E-state index is 11.5. The minimum absolute atomic E-state index is 0.0675. The largest absolute Gasteiger partial charge is 0.497 e. The summed E-state index contributed by atoms with van der Waals surface area (Å²) in [5.41, 5.74) is 6.74. The molecule has 0 bridgehead atoms. The van der Waals surface area contributed by atoms with Crippen LogP contribution in [0.1, 0.15) is 25.7 Å². The molecule has 1 aliphatic rings. The topological polar surface area (TPSA) is 106 Å². The second kappa shape index (κ2) is 8.34. The smallest absolute Gasteiger partial charge is 0.208 e. The number of hydrogen-bond acceptors (Lipinski definition) is 4. The van der Waals surface area contributed by atoms with Crippen LogP contribution in [0.3, 0.4) is 0 Å². The quantitative estimate of drug-likeness (QED) is 0.531. The van der Waals surface area contributed by atoms with E-state index in [9.17, 15) is 8.42 Å². The fourth-order valence-electron chi connectivity index (χ4n) is 2.96. The van der Waals surface area contributed by atoms with Gasteiger partial charge < -0.3 is 15.8 Å². The Balaban J connectivity index is 1.96. The fourth-order valence-corrected chi connectivity index (χ4v) is 3.82. The molecule has 0 heterocycles. The van der Waals surface area contributed by atoms with E-state index in [1.54, 1.807) is 7.11 Å². The van der Waals surface area contributed by atoms with Gasteiger partial charge in [-0.05, 0) is 30.9 Å². The van der Waals surface area contributed by atoms with Crippen LogP contribution in [0.4, 0.5) is 5.69 Å². The molecule has 0 spiro atoms. The van der Waals surface area contributed by atoms with Gasteiger partial charge in [0, 0.05) is 24.3 Å². The van der Waals surface area contributed by atoms with Gasteiger partial charge in [-0.15, -0.1) is 0 Å². The van der Waals surface area contributed by atoms with Crippen molar-refractivity contribution in [3.8, 4) is 5.75 Å². The molecule has 1 aromatic carbocycles. The predicted octanol–water partition coefficient (Wildman–Crippen LogP) is 1.53. The van der Waals surface area contributed by atoms with Crippen LogP contribution in [0.2, 0.25) is 0 Å². The van der Waals surface area contributed by atoms with Gasteiger partial charge in [0.1, 0.15) is 5.75 Å². The number of ether oxygens (including phenoxy) is 1. The summed E-state index contributed by atoms with van der Waals surface area (Å²) in [6.45, 7) is 0.496. The van der Waals surface area contributed by atoms with E-state index in [1.165, 1.54) is 6.26 Å². The zero-order valence-corrected chi connectivity index (χ0v) is 15.0. The molecule has 2 rings (SSSR count). The Bertz CT molecular complexity index is 676. The Labute approximate surface area is 143 Å². The second-order valence-electron chi connectivity index (χ2n) is 6.12. The van der Waals surface area contributed by atoms with Gasteiger partial charge in [-0.1, -0.05) is 18.9 Å². The first kappa shape index (κ1) is 18.5. The molecule has 1 saturated carbocycles. The van der Waals surface area contributed by atoms with Crippen LogP contribution in [0, 0.1) is 5.92 Å². The first-order valence-corrected chi connectivity index (χ1v) is 9.95. The number of anilines is 1. The summed E-state index contributed by atoms with van der Waals surface area (Å²) in [5, 5.41) is 3.03. The van der Waals surface area contributed by atoms with Crippen molar-refractivity contribution in [2.24, 2.45) is 16.6 Å². The Morgan fingerprint density at radius 3 is 2.83 bits per heavy atom. The van der Waals surface area contributed by atoms with Crippen molar-refractivity contribution >= 4 is 21.7 Å². The molecule has 0 saturated heterocycles. The van der Waals surface area contributed by atoms with Gasteiger partial charge in [0.05, 0.1) is 13.4 Å². The van der Waals surface area contributed by atoms with Gasteiger partial charge in [0.2, 0.25) is 10.0 Å². The summed E-state index contributed by atoms with van der Waals surface area (Å²) >= 11 is 0. The molecule has 2 unspecified atom stereocenters. The number of hydrogen-bond donors (Lipinski definition) is 3. The lowest BCUT2D eigenvalue weighted by atomic mass is 9.85. The van der Waals surface area contributed by atoms with E-state index >= 15 is 0 Å². The highest BCUT2D eigenvalue weighted by molar-refractivity contribution is 7.88. The molecule has 0 aliphatic heterocycles. The third-order valence-corrected chi connectivity index (χ3v) is 4.84. The fraction of sp³-hybridized carbons (Fsp3) is 0.562. The SMILES string of the molecule is COc1cccc(NC(N)=NCC2CCCCC2NS(C)(=O)=O)c1. The molecule has 0 radical (unpaired) electrons. The van der Waals surface area contributed by atoms with Crippen LogP contribution in [0.15, 0.2) is 29.3 Å². The zero-order chi connectivity index (χ0) is 17.6. The molecule has 24 heavy (non-hydrogen) atoms. The van der Waals surface area contributed by atoms with Crippen molar-refractivity contribution in [1.82, 2.24) is 4.72 Å². The number of rotatable bonds is 6. The number of aliphatic imine (C=N–C) groups is 1. The van der Waals surface area contributed by atoms with Gasteiger partial charge >= 0.3 is 0 Å². The molecule has 1 fully saturated rings. The van der Waals surface area contributed by atoms with Crippen molar-refractivity contribution < 1.29 is 13.2 Å². The van der Waals surface area contributed by atoms with Gasteiger partial charge in [-0.3, -0.25) is 4.99 Å². The van der Waals surface area contributed by atoms with E-state index in [2.05, 4.69) is 15.0 Å². The van der Waals surface area contributed by atoms with E-state index in [0.29, 0.717) is 12.5 Å². The van der Waals surface area contributed by atoms with Gasteiger partial charge in [0.25, 0.3) is 0 Å². The number of sulfonamides is 1. The Morgan fingerprint density at radius 1 is 1.38 bits per heavy atom. The monoisotopic (exact) mass is 354 g/mol. The number of benzene rings is 1. The third-order valence-electron chi connectivity index (χ3n) is 4.11. The summed E-state index contributed by atoms with van der Waals surface area (Å²) in [6.07, 6.45) is 5.11. The molecular weight excluding hydrogens is 328 g/mol. The van der Waals surface area contributed by atoms with Gasteiger partial charge in [-0.25, -0.2) is 13.1 Å². The van der Waals surface area contributed by atoms with E-state index in [0.717, 1.165) is 37.1 Å². The van der Waals surface area contributed by atoms with Crippen LogP contribution in [-0.2, 0) is 10.0 Å². The summed E-state index contributed by atoms with van der Waals surface area (Å²) in [5.74, 6) is 1.21. The zero-order valence-electron chi connectivity index (χ0n) is 14.2. The van der Waals surface area contributed by atoms with Crippen molar-refractivity contribution in [3.63, 3.8) is 0 Å². The molecule has 1 aliphatic carbocycles. The lowest BCUT2D eigenvalue weighted by molar-refractivity contribution is 0.297. The summed E-state index contributed by atoms with van der Waals surface area (Å²) in [7, 11) is -1.60. The van der Waals surface area contributed by atoms with Crippen LogP contribution in [0.5, 0.6) is 5.75 Å². The van der Waals surface area contributed by atoms with Crippen LogP contribution >= 0.6 is 0 Å². The number of guanidine groups is 1. The molecule has 0 amide bonds. The Hall–Kier alpha value is -1.80. The second-order valence-corrected chi connectivity index (χ2v) is 7.90. The highest BCUT2D eigenvalue weighted by atomic mass is 32.2. The van der Waals surface area contributed by atoms with Crippen molar-refractivity contribution in [3.05, 3.63) is 24.3 Å². The Morgan fingerprint density at radius 2 is 2.12 bits per heavy atom. The average molecular weight is 354 g/mol. The summed E-state index contributed by atoms with van der Waals surface area (Å²) in [4.78, 5) is 4.39. The minimum atomic E-state index is -3.21. The van der Waals surface area contributed by atoms with E-state index in [4.69, 9.17) is 10.5 Å². The van der Waals surface area contributed by atoms with Crippen LogP contribution in [-0.4, -0.2) is 40.3 Å². The van der Waals surface area contributed by atoms with Gasteiger partial charge in [0.15, 0.2) is 5.96 Å². The maximum Gasteiger partial charge on any atom is 0.208 e. The predicted molar refractivity (Wildman–Crippen MR) is 96.8 cm³/mol.